The van der Waals surface area contributed by atoms with E-state index in [0.717, 1.165) is 26.4 Å². The molecule has 7 heteroatoms. The van der Waals surface area contributed by atoms with Crippen LogP contribution in [0, 0.1) is 0 Å². The fourth-order valence-electron chi connectivity index (χ4n) is 1.98. The predicted molar refractivity (Wildman–Crippen MR) is 87.8 cm³/mol. The number of hydrogen-bond acceptors (Lipinski definition) is 6. The van der Waals surface area contributed by atoms with Gasteiger partial charge in [-0.1, -0.05) is 23.9 Å². The minimum atomic E-state index is -0.860. The summed E-state index contributed by atoms with van der Waals surface area (Å²) in [5, 5.41) is 9.51. The van der Waals surface area contributed by atoms with Crippen molar-refractivity contribution in [2.45, 2.75) is 5.03 Å². The molecule has 0 amide bonds. The monoisotopic (exact) mass is 332 g/mol. The van der Waals surface area contributed by atoms with E-state index in [4.69, 9.17) is 9.84 Å². The molecule has 2 aromatic heterocycles. The minimum Gasteiger partial charge on any atom is -0.497 e. The molecule has 0 radical (unpaired) electrons. The van der Waals surface area contributed by atoms with Crippen LogP contribution in [0.2, 0.25) is 0 Å². The highest BCUT2D eigenvalue weighted by molar-refractivity contribution is 8.00. The highest BCUT2D eigenvalue weighted by atomic mass is 32.2. The second-order valence-electron chi connectivity index (χ2n) is 4.42. The van der Waals surface area contributed by atoms with Crippen molar-refractivity contribution in [2.75, 3.05) is 12.9 Å². The zero-order chi connectivity index (χ0) is 15.5. The number of fused-ring (bicyclic) bond motifs is 1. The van der Waals surface area contributed by atoms with Crippen LogP contribution in [0.3, 0.4) is 0 Å². The summed E-state index contributed by atoms with van der Waals surface area (Å²) in [6.45, 7) is 0. The molecule has 0 atom stereocenters. The maximum absolute atomic E-state index is 10.7. The van der Waals surface area contributed by atoms with Crippen LogP contribution in [0.15, 0.2) is 41.7 Å². The van der Waals surface area contributed by atoms with Crippen LogP contribution in [0.5, 0.6) is 5.75 Å². The molecular formula is C15H12N2O3S2. The van der Waals surface area contributed by atoms with Gasteiger partial charge in [0, 0.05) is 4.88 Å². The average Bonchev–Trinajstić information content (AvgIpc) is 2.97. The summed E-state index contributed by atoms with van der Waals surface area (Å²) in [6, 6.07) is 9.78. The smallest absolute Gasteiger partial charge is 0.313 e. The van der Waals surface area contributed by atoms with Crippen molar-refractivity contribution >= 4 is 39.3 Å². The second kappa shape index (κ2) is 6.33. The molecule has 5 nitrogen and oxygen atoms in total. The summed E-state index contributed by atoms with van der Waals surface area (Å²) in [5.74, 6) is -0.0822. The molecule has 1 N–H and O–H groups in total. The van der Waals surface area contributed by atoms with Crippen molar-refractivity contribution in [1.82, 2.24) is 9.97 Å². The number of nitrogens with zero attached hydrogens (tertiary/aromatic N) is 2. The van der Waals surface area contributed by atoms with Gasteiger partial charge in [-0.25, -0.2) is 9.97 Å². The van der Waals surface area contributed by atoms with Gasteiger partial charge < -0.3 is 9.84 Å². The lowest BCUT2D eigenvalue weighted by atomic mass is 10.2. The van der Waals surface area contributed by atoms with Gasteiger partial charge in [-0.05, 0) is 23.8 Å². The van der Waals surface area contributed by atoms with Gasteiger partial charge >= 0.3 is 5.97 Å². The maximum Gasteiger partial charge on any atom is 0.313 e. The average molecular weight is 332 g/mol. The summed E-state index contributed by atoms with van der Waals surface area (Å²) in [7, 11) is 1.64. The highest BCUT2D eigenvalue weighted by Crippen LogP contribution is 2.37. The standard InChI is InChI=1S/C15H12N2O3S2/c1-20-10-4-2-3-9(5-10)12-6-11-14(22-12)15(17-8-16-11)21-7-13(18)19/h2-6,8H,7H2,1H3,(H,18,19). The van der Waals surface area contributed by atoms with E-state index >= 15 is 0 Å². The molecule has 3 rings (SSSR count). The van der Waals surface area contributed by atoms with Gasteiger partial charge in [0.15, 0.2) is 0 Å². The Balaban J connectivity index is 2.01. The van der Waals surface area contributed by atoms with Crippen molar-refractivity contribution in [3.05, 3.63) is 36.7 Å². The van der Waals surface area contributed by atoms with Crippen molar-refractivity contribution in [1.29, 1.82) is 0 Å². The lowest BCUT2D eigenvalue weighted by Gasteiger charge is -2.01. The van der Waals surface area contributed by atoms with Gasteiger partial charge in [0.2, 0.25) is 0 Å². The maximum atomic E-state index is 10.7. The molecule has 0 saturated carbocycles. The third kappa shape index (κ3) is 3.05. The normalized spacial score (nSPS) is 10.8. The van der Waals surface area contributed by atoms with Gasteiger partial charge in [-0.3, -0.25) is 4.79 Å². The molecule has 0 unspecified atom stereocenters. The second-order valence-corrected chi connectivity index (χ2v) is 6.43. The van der Waals surface area contributed by atoms with Crippen molar-refractivity contribution in [3.8, 4) is 16.2 Å². The van der Waals surface area contributed by atoms with E-state index in [1.807, 2.05) is 30.3 Å². The van der Waals surface area contributed by atoms with Crippen molar-refractivity contribution < 1.29 is 14.6 Å². The summed E-state index contributed by atoms with van der Waals surface area (Å²) in [5.41, 5.74) is 1.86. The fourth-order valence-corrected chi connectivity index (χ4v) is 3.89. The quantitative estimate of drug-likeness (QED) is 0.569. The number of carbonyl (C=O) groups is 1. The molecule has 0 aliphatic rings. The molecule has 0 saturated heterocycles. The first-order valence-electron chi connectivity index (χ1n) is 6.41. The first-order valence-corrected chi connectivity index (χ1v) is 8.21. The Hall–Kier alpha value is -2.12. The van der Waals surface area contributed by atoms with E-state index in [1.54, 1.807) is 18.4 Å². The summed E-state index contributed by atoms with van der Waals surface area (Å²) >= 11 is 2.76. The largest absolute Gasteiger partial charge is 0.497 e. The predicted octanol–water partition coefficient (Wildman–Crippen LogP) is 3.54. The van der Waals surface area contributed by atoms with Gasteiger partial charge in [-0.2, -0.15) is 0 Å². The number of aromatic nitrogens is 2. The molecular weight excluding hydrogens is 320 g/mol. The van der Waals surface area contributed by atoms with Gasteiger partial charge in [0.1, 0.15) is 17.1 Å². The number of carboxylic acids is 1. The van der Waals surface area contributed by atoms with Crippen LogP contribution < -0.4 is 4.74 Å². The lowest BCUT2D eigenvalue weighted by molar-refractivity contribution is -0.133. The van der Waals surface area contributed by atoms with Crippen LogP contribution in [0.4, 0.5) is 0 Å². The van der Waals surface area contributed by atoms with E-state index in [2.05, 4.69) is 9.97 Å². The molecule has 0 bridgehead atoms. The lowest BCUT2D eigenvalue weighted by Crippen LogP contribution is -1.98. The molecule has 0 aliphatic carbocycles. The first-order chi connectivity index (χ1) is 10.7. The van der Waals surface area contributed by atoms with Crippen LogP contribution in [0.1, 0.15) is 0 Å². The number of aliphatic carboxylic acids is 1. The van der Waals surface area contributed by atoms with Crippen molar-refractivity contribution in [2.24, 2.45) is 0 Å². The van der Waals surface area contributed by atoms with E-state index < -0.39 is 5.97 Å². The Bertz CT molecular complexity index is 833. The van der Waals surface area contributed by atoms with Crippen LogP contribution in [-0.4, -0.2) is 33.9 Å². The van der Waals surface area contributed by atoms with Crippen LogP contribution in [-0.2, 0) is 4.79 Å². The number of benzene rings is 1. The van der Waals surface area contributed by atoms with E-state index in [-0.39, 0.29) is 5.75 Å². The Morgan fingerprint density at radius 1 is 1.36 bits per heavy atom. The number of thiophene rings is 1. The van der Waals surface area contributed by atoms with Gasteiger partial charge in [0.05, 0.1) is 23.1 Å². The van der Waals surface area contributed by atoms with Crippen LogP contribution >= 0.6 is 23.1 Å². The molecule has 112 valence electrons. The van der Waals surface area contributed by atoms with E-state index in [9.17, 15) is 4.79 Å². The Morgan fingerprint density at radius 3 is 3.00 bits per heavy atom. The molecule has 2 heterocycles. The van der Waals surface area contributed by atoms with E-state index in [1.165, 1.54) is 18.1 Å². The summed E-state index contributed by atoms with van der Waals surface area (Å²) in [6.07, 6.45) is 1.47. The topological polar surface area (TPSA) is 72.3 Å². The Labute approximate surface area is 135 Å². The van der Waals surface area contributed by atoms with Crippen molar-refractivity contribution in [3.63, 3.8) is 0 Å². The zero-order valence-electron chi connectivity index (χ0n) is 11.6. The zero-order valence-corrected chi connectivity index (χ0v) is 13.3. The highest BCUT2D eigenvalue weighted by Gasteiger charge is 2.12. The fraction of sp³-hybridized carbons (Fsp3) is 0.133. The summed E-state index contributed by atoms with van der Waals surface area (Å²) < 4.78 is 6.16. The molecule has 0 aliphatic heterocycles. The number of methoxy groups -OCH3 is 1. The number of ether oxygens (including phenoxy) is 1. The molecule has 1 aromatic carbocycles. The van der Waals surface area contributed by atoms with Gasteiger partial charge in [-0.15, -0.1) is 11.3 Å². The van der Waals surface area contributed by atoms with E-state index in [0.29, 0.717) is 5.03 Å². The third-order valence-corrected chi connectivity index (χ3v) is 5.25. The Morgan fingerprint density at radius 2 is 2.23 bits per heavy atom. The molecule has 22 heavy (non-hydrogen) atoms. The third-order valence-electron chi connectivity index (χ3n) is 2.97. The first kappa shape index (κ1) is 14.8. The number of carboxylic acid groups (broad SMARTS) is 1. The SMILES string of the molecule is COc1cccc(-c2cc3ncnc(SCC(=O)O)c3s2)c1. The number of rotatable bonds is 5. The molecule has 0 spiro atoms. The molecule has 3 aromatic rings. The van der Waals surface area contributed by atoms with Crippen LogP contribution in [0.25, 0.3) is 20.7 Å². The summed E-state index contributed by atoms with van der Waals surface area (Å²) in [4.78, 5) is 20.2. The van der Waals surface area contributed by atoms with Gasteiger partial charge in [0.25, 0.3) is 0 Å². The number of hydrogen-bond donors (Lipinski definition) is 1. The molecule has 0 fully saturated rings. The Kier molecular flexibility index (Phi) is 4.26. The minimum absolute atomic E-state index is 0.0154. The number of thioether (sulfide) groups is 1.